The number of benzene rings is 2. The first-order valence-electron chi connectivity index (χ1n) is 5.03. The van der Waals surface area contributed by atoms with Crippen LogP contribution in [0.2, 0.25) is 20.1 Å². The van der Waals surface area contributed by atoms with Gasteiger partial charge in [0.15, 0.2) is 0 Å². The maximum Gasteiger partial charge on any atom is 0.0784 e. The second-order valence-electron chi connectivity index (χ2n) is 3.64. The van der Waals surface area contributed by atoms with E-state index in [9.17, 15) is 0 Å². The predicted octanol–water partition coefficient (Wildman–Crippen LogP) is 6.71. The molecule has 0 aliphatic carbocycles. The minimum atomic E-state index is 0.322. The summed E-state index contributed by atoms with van der Waals surface area (Å²) in [5, 5.41) is 1.70. The fraction of sp³-hybridized carbons (Fsp3) is 0.0769. The molecule has 5 heteroatoms. The lowest BCUT2D eigenvalue weighted by molar-refractivity contribution is 1.40. The topological polar surface area (TPSA) is 0 Å². The molecule has 0 saturated carbocycles. The molecule has 0 bridgehead atoms. The summed E-state index contributed by atoms with van der Waals surface area (Å²) in [4.78, 5) is 0. The molecule has 0 amide bonds. The first kappa shape index (κ1) is 14.3. The van der Waals surface area contributed by atoms with Gasteiger partial charge >= 0.3 is 0 Å². The van der Waals surface area contributed by atoms with Crippen molar-refractivity contribution in [3.05, 3.63) is 56.0 Å². The molecule has 0 aliphatic rings. The highest BCUT2D eigenvalue weighted by molar-refractivity contribution is 6.49. The van der Waals surface area contributed by atoms with Gasteiger partial charge in [-0.25, -0.2) is 0 Å². The van der Waals surface area contributed by atoms with Crippen molar-refractivity contribution >= 4 is 58.0 Å². The molecule has 0 unspecified atom stereocenters. The smallest absolute Gasteiger partial charge is 0.0784 e. The Morgan fingerprint density at radius 2 is 1.39 bits per heavy atom. The van der Waals surface area contributed by atoms with Crippen molar-refractivity contribution < 1.29 is 0 Å². The van der Waals surface area contributed by atoms with Crippen molar-refractivity contribution in [3.8, 4) is 11.1 Å². The number of hydrogen-bond acceptors (Lipinski definition) is 0. The predicted molar refractivity (Wildman–Crippen MR) is 81.5 cm³/mol. The molecule has 18 heavy (non-hydrogen) atoms. The lowest BCUT2D eigenvalue weighted by Crippen LogP contribution is -1.87. The van der Waals surface area contributed by atoms with Gasteiger partial charge in [-0.2, -0.15) is 0 Å². The summed E-state index contributed by atoms with van der Waals surface area (Å²) in [6.07, 6.45) is 0. The summed E-state index contributed by atoms with van der Waals surface area (Å²) >= 11 is 30.2. The number of halogens is 5. The summed E-state index contributed by atoms with van der Waals surface area (Å²) in [6, 6.07) is 9.08. The van der Waals surface area contributed by atoms with Crippen molar-refractivity contribution in [2.75, 3.05) is 0 Å². The molecule has 0 atom stereocenters. The molecule has 0 nitrogen and oxygen atoms in total. The Labute approximate surface area is 130 Å². The molecule has 0 saturated heterocycles. The van der Waals surface area contributed by atoms with E-state index >= 15 is 0 Å². The van der Waals surface area contributed by atoms with E-state index in [1.54, 1.807) is 12.1 Å². The van der Waals surface area contributed by atoms with Crippen LogP contribution in [0.5, 0.6) is 0 Å². The Morgan fingerprint density at radius 1 is 0.722 bits per heavy atom. The molecule has 2 aromatic carbocycles. The average molecular weight is 340 g/mol. The van der Waals surface area contributed by atoms with E-state index in [1.807, 2.05) is 18.2 Å². The van der Waals surface area contributed by atoms with Crippen LogP contribution in [0.25, 0.3) is 11.1 Å². The normalized spacial score (nSPS) is 10.7. The summed E-state index contributed by atoms with van der Waals surface area (Å²) in [6.45, 7) is 0. The van der Waals surface area contributed by atoms with E-state index in [2.05, 4.69) is 0 Å². The number of hydrogen-bond donors (Lipinski definition) is 0. The van der Waals surface area contributed by atoms with Crippen LogP contribution in [0.1, 0.15) is 5.56 Å². The summed E-state index contributed by atoms with van der Waals surface area (Å²) in [5.74, 6) is 0.339. The summed E-state index contributed by atoms with van der Waals surface area (Å²) < 4.78 is 0. The quantitative estimate of drug-likeness (QED) is 0.421. The van der Waals surface area contributed by atoms with Crippen molar-refractivity contribution in [3.63, 3.8) is 0 Å². The van der Waals surface area contributed by atoms with Gasteiger partial charge in [0.2, 0.25) is 0 Å². The number of rotatable bonds is 2. The van der Waals surface area contributed by atoms with Crippen molar-refractivity contribution in [1.82, 2.24) is 0 Å². The molecule has 0 radical (unpaired) electrons. The Kier molecular flexibility index (Phi) is 4.69. The molecule has 0 heterocycles. The van der Waals surface area contributed by atoms with E-state index in [0.717, 1.165) is 16.7 Å². The second-order valence-corrected chi connectivity index (χ2v) is 5.44. The Hall–Kier alpha value is -0.110. The maximum absolute atomic E-state index is 6.29. The van der Waals surface area contributed by atoms with Crippen LogP contribution in [0, 0.1) is 0 Å². The first-order chi connectivity index (χ1) is 8.56. The third-order valence-electron chi connectivity index (χ3n) is 2.55. The van der Waals surface area contributed by atoms with Crippen LogP contribution < -0.4 is 0 Å². The first-order valence-corrected chi connectivity index (χ1v) is 7.08. The minimum absolute atomic E-state index is 0.322. The summed E-state index contributed by atoms with van der Waals surface area (Å²) in [5.41, 5.74) is 2.37. The molecule has 0 N–H and O–H groups in total. The monoisotopic (exact) mass is 338 g/mol. The highest BCUT2D eigenvalue weighted by atomic mass is 35.5. The molecule has 0 aromatic heterocycles. The lowest BCUT2D eigenvalue weighted by Gasteiger charge is -2.11. The zero-order valence-corrected chi connectivity index (χ0v) is 12.8. The van der Waals surface area contributed by atoms with Crippen LogP contribution in [-0.4, -0.2) is 0 Å². The summed E-state index contributed by atoms with van der Waals surface area (Å²) in [7, 11) is 0. The lowest BCUT2D eigenvalue weighted by atomic mass is 10.0. The van der Waals surface area contributed by atoms with Gasteiger partial charge in [-0.15, -0.1) is 11.6 Å². The van der Waals surface area contributed by atoms with Gasteiger partial charge in [-0.3, -0.25) is 0 Å². The second kappa shape index (κ2) is 5.90. The number of alkyl halides is 1. The highest BCUT2D eigenvalue weighted by Gasteiger charge is 2.14. The molecule has 0 spiro atoms. The van der Waals surface area contributed by atoms with Crippen LogP contribution in [0.3, 0.4) is 0 Å². The van der Waals surface area contributed by atoms with Gasteiger partial charge < -0.3 is 0 Å². The maximum atomic E-state index is 6.29. The van der Waals surface area contributed by atoms with Crippen molar-refractivity contribution in [2.24, 2.45) is 0 Å². The molecule has 94 valence electrons. The largest absolute Gasteiger partial charge is 0.121 e. The standard InChI is InChI=1S/C13H7Cl5/c14-6-7-2-1-3-8(11(7)16)9-4-5-10(15)13(18)12(9)17/h1-5H,6H2. The SMILES string of the molecule is ClCc1cccc(-c2ccc(Cl)c(Cl)c2Cl)c1Cl. The molecule has 0 fully saturated rings. The van der Waals surface area contributed by atoms with Crippen LogP contribution in [0.15, 0.2) is 30.3 Å². The third kappa shape index (κ3) is 2.59. The van der Waals surface area contributed by atoms with Gasteiger partial charge in [-0.1, -0.05) is 70.7 Å². The van der Waals surface area contributed by atoms with E-state index in [0.29, 0.717) is 26.0 Å². The van der Waals surface area contributed by atoms with Crippen molar-refractivity contribution in [1.29, 1.82) is 0 Å². The van der Waals surface area contributed by atoms with Gasteiger partial charge in [0.05, 0.1) is 20.1 Å². The van der Waals surface area contributed by atoms with E-state index in [1.165, 1.54) is 0 Å². The zero-order chi connectivity index (χ0) is 13.3. The molecule has 0 aliphatic heterocycles. The van der Waals surface area contributed by atoms with Gasteiger partial charge in [0, 0.05) is 17.0 Å². The van der Waals surface area contributed by atoms with Crippen molar-refractivity contribution in [2.45, 2.75) is 5.88 Å². The minimum Gasteiger partial charge on any atom is -0.121 e. The van der Waals surface area contributed by atoms with Crippen LogP contribution in [0.4, 0.5) is 0 Å². The van der Waals surface area contributed by atoms with Gasteiger partial charge in [0.1, 0.15) is 0 Å². The third-order valence-corrected chi connectivity index (χ3v) is 4.58. The zero-order valence-electron chi connectivity index (χ0n) is 8.98. The van der Waals surface area contributed by atoms with Gasteiger partial charge in [-0.05, 0) is 11.6 Å². The van der Waals surface area contributed by atoms with E-state index in [-0.39, 0.29) is 0 Å². The Balaban J connectivity index is 2.66. The molecule has 2 rings (SSSR count). The Morgan fingerprint density at radius 3 is 2.06 bits per heavy atom. The fourth-order valence-electron chi connectivity index (χ4n) is 1.62. The van der Waals surface area contributed by atoms with E-state index < -0.39 is 0 Å². The fourth-order valence-corrected chi connectivity index (χ4v) is 2.85. The van der Waals surface area contributed by atoms with Crippen LogP contribution in [-0.2, 0) is 5.88 Å². The van der Waals surface area contributed by atoms with E-state index in [4.69, 9.17) is 58.0 Å². The molecular weight excluding hydrogens is 333 g/mol. The average Bonchev–Trinajstić information content (AvgIpc) is 2.37. The molecule has 2 aromatic rings. The van der Waals surface area contributed by atoms with Gasteiger partial charge in [0.25, 0.3) is 0 Å². The van der Waals surface area contributed by atoms with Crippen LogP contribution >= 0.6 is 58.0 Å². The molecular formula is C13H7Cl5. The highest BCUT2D eigenvalue weighted by Crippen LogP contribution is 2.41. The Bertz CT molecular complexity index is 592.